The van der Waals surface area contributed by atoms with Crippen molar-refractivity contribution >= 4 is 21.5 Å². The van der Waals surface area contributed by atoms with Crippen LogP contribution < -0.4 is 5.32 Å². The van der Waals surface area contributed by atoms with Crippen molar-refractivity contribution in [3.8, 4) is 0 Å². The molecule has 2 rings (SSSR count). The maximum Gasteiger partial charge on any atom is 0.292 e. The van der Waals surface area contributed by atoms with E-state index in [-0.39, 0.29) is 11.4 Å². The van der Waals surface area contributed by atoms with E-state index in [4.69, 9.17) is 0 Å². The second kappa shape index (κ2) is 6.75. The number of amides is 1. The fraction of sp³-hybridized carbons (Fsp3) is 0.176. The van der Waals surface area contributed by atoms with Crippen LogP contribution in [0.2, 0.25) is 0 Å². The number of carbonyl (C=O) groups excluding carboxylic acids is 2. The Hall–Kier alpha value is -2.47. The zero-order chi connectivity index (χ0) is 17.0. The van der Waals surface area contributed by atoms with Gasteiger partial charge in [0.2, 0.25) is 5.78 Å². The first kappa shape index (κ1) is 16.9. The van der Waals surface area contributed by atoms with Crippen molar-refractivity contribution in [2.45, 2.75) is 18.4 Å². The van der Waals surface area contributed by atoms with E-state index in [1.54, 1.807) is 36.4 Å². The minimum Gasteiger partial charge on any atom is -0.345 e. The monoisotopic (exact) mass is 331 g/mol. The average Bonchev–Trinajstić information content (AvgIpc) is 2.52. The number of Topliss-reactive ketones (excluding diaryl/α,β-unsaturated/α-hetero) is 1. The van der Waals surface area contributed by atoms with Gasteiger partial charge in [-0.1, -0.05) is 42.0 Å². The lowest BCUT2D eigenvalue weighted by Crippen LogP contribution is -2.30. The van der Waals surface area contributed by atoms with Crippen LogP contribution in [0.3, 0.4) is 0 Å². The fourth-order valence-corrected chi connectivity index (χ4v) is 2.58. The zero-order valence-corrected chi connectivity index (χ0v) is 13.7. The predicted octanol–water partition coefficient (Wildman–Crippen LogP) is 1.90. The molecule has 0 heterocycles. The Morgan fingerprint density at radius 1 is 0.957 bits per heavy atom. The van der Waals surface area contributed by atoms with Crippen LogP contribution in [0.1, 0.15) is 21.5 Å². The molecule has 0 unspecified atom stereocenters. The van der Waals surface area contributed by atoms with Gasteiger partial charge in [0.25, 0.3) is 5.91 Å². The number of rotatable bonds is 5. The van der Waals surface area contributed by atoms with Gasteiger partial charge in [0, 0.05) is 18.4 Å². The third-order valence-electron chi connectivity index (χ3n) is 3.32. The van der Waals surface area contributed by atoms with Gasteiger partial charge < -0.3 is 5.32 Å². The average molecular weight is 331 g/mol. The molecule has 0 aliphatic rings. The third-order valence-corrected chi connectivity index (χ3v) is 4.45. The number of hydrogen-bond acceptors (Lipinski definition) is 4. The Morgan fingerprint density at radius 3 is 2.04 bits per heavy atom. The molecule has 120 valence electrons. The molecule has 0 saturated carbocycles. The Bertz CT molecular complexity index is 822. The summed E-state index contributed by atoms with van der Waals surface area (Å²) in [5, 5.41) is 2.53. The Kier molecular flexibility index (Phi) is 4.95. The van der Waals surface area contributed by atoms with Crippen molar-refractivity contribution in [2.75, 3.05) is 6.26 Å². The molecule has 0 aliphatic carbocycles. The van der Waals surface area contributed by atoms with Crippen LogP contribution in [0, 0.1) is 6.92 Å². The first-order valence-corrected chi connectivity index (χ1v) is 8.85. The second-order valence-corrected chi connectivity index (χ2v) is 7.31. The fourth-order valence-electron chi connectivity index (χ4n) is 1.95. The molecular formula is C17H17NO4S. The maximum atomic E-state index is 12.0. The predicted molar refractivity (Wildman–Crippen MR) is 86.9 cm³/mol. The highest BCUT2D eigenvalue weighted by Crippen LogP contribution is 2.10. The van der Waals surface area contributed by atoms with E-state index in [0.29, 0.717) is 11.1 Å². The SMILES string of the molecule is Cc1ccc(C(=O)C(=O)NCc2ccc(S(C)(=O)=O)cc2)cc1. The summed E-state index contributed by atoms with van der Waals surface area (Å²) < 4.78 is 22.7. The van der Waals surface area contributed by atoms with Gasteiger partial charge in [0.15, 0.2) is 9.84 Å². The summed E-state index contributed by atoms with van der Waals surface area (Å²) in [6.07, 6.45) is 1.13. The molecule has 0 aliphatic heterocycles. The second-order valence-electron chi connectivity index (χ2n) is 5.29. The Balaban J connectivity index is 1.99. The van der Waals surface area contributed by atoms with Crippen molar-refractivity contribution in [2.24, 2.45) is 0 Å². The molecule has 0 atom stereocenters. The number of aryl methyl sites for hydroxylation is 1. The molecule has 2 aromatic rings. The number of hydrogen-bond donors (Lipinski definition) is 1. The molecule has 0 fully saturated rings. The van der Waals surface area contributed by atoms with E-state index in [0.717, 1.165) is 11.8 Å². The van der Waals surface area contributed by atoms with Crippen LogP contribution in [0.5, 0.6) is 0 Å². The van der Waals surface area contributed by atoms with Gasteiger partial charge in [-0.3, -0.25) is 9.59 Å². The molecule has 23 heavy (non-hydrogen) atoms. The Labute approximate surface area is 135 Å². The molecule has 5 nitrogen and oxygen atoms in total. The van der Waals surface area contributed by atoms with E-state index in [2.05, 4.69) is 5.32 Å². The van der Waals surface area contributed by atoms with Crippen LogP contribution in [-0.2, 0) is 21.2 Å². The summed E-state index contributed by atoms with van der Waals surface area (Å²) in [6.45, 7) is 2.05. The van der Waals surface area contributed by atoms with E-state index >= 15 is 0 Å². The van der Waals surface area contributed by atoms with Crippen molar-refractivity contribution in [3.05, 3.63) is 65.2 Å². The van der Waals surface area contributed by atoms with E-state index in [1.165, 1.54) is 12.1 Å². The summed E-state index contributed by atoms with van der Waals surface area (Å²) in [5.41, 5.74) is 2.05. The van der Waals surface area contributed by atoms with Crippen LogP contribution in [0.25, 0.3) is 0 Å². The smallest absolute Gasteiger partial charge is 0.292 e. The quantitative estimate of drug-likeness (QED) is 0.670. The lowest BCUT2D eigenvalue weighted by Gasteiger charge is -2.06. The molecule has 6 heteroatoms. The van der Waals surface area contributed by atoms with Crippen LogP contribution in [-0.4, -0.2) is 26.4 Å². The first-order valence-electron chi connectivity index (χ1n) is 6.95. The van der Waals surface area contributed by atoms with Crippen molar-refractivity contribution in [1.29, 1.82) is 0 Å². The summed E-state index contributed by atoms with van der Waals surface area (Å²) in [7, 11) is -3.25. The van der Waals surface area contributed by atoms with Gasteiger partial charge in [-0.25, -0.2) is 8.42 Å². The van der Waals surface area contributed by atoms with Crippen molar-refractivity contribution in [1.82, 2.24) is 5.32 Å². The van der Waals surface area contributed by atoms with Gasteiger partial charge in [0.1, 0.15) is 0 Å². The summed E-state index contributed by atoms with van der Waals surface area (Å²) >= 11 is 0. The normalized spacial score (nSPS) is 11.0. The van der Waals surface area contributed by atoms with Gasteiger partial charge in [-0.2, -0.15) is 0 Å². The van der Waals surface area contributed by atoms with Crippen LogP contribution in [0.15, 0.2) is 53.4 Å². The number of benzene rings is 2. The first-order chi connectivity index (χ1) is 10.8. The van der Waals surface area contributed by atoms with Gasteiger partial charge in [-0.15, -0.1) is 0 Å². The molecule has 1 N–H and O–H groups in total. The molecule has 0 aromatic heterocycles. The highest BCUT2D eigenvalue weighted by atomic mass is 32.2. The van der Waals surface area contributed by atoms with E-state index in [9.17, 15) is 18.0 Å². The number of sulfone groups is 1. The highest BCUT2D eigenvalue weighted by molar-refractivity contribution is 7.90. The molecule has 0 radical (unpaired) electrons. The van der Waals surface area contributed by atoms with Gasteiger partial charge >= 0.3 is 0 Å². The number of nitrogens with one attached hydrogen (secondary N) is 1. The van der Waals surface area contributed by atoms with Gasteiger partial charge in [0.05, 0.1) is 4.90 Å². The van der Waals surface area contributed by atoms with Crippen molar-refractivity contribution in [3.63, 3.8) is 0 Å². The standard InChI is InChI=1S/C17H17NO4S/c1-12-3-7-14(8-4-12)16(19)17(20)18-11-13-5-9-15(10-6-13)23(2,21)22/h3-10H,11H2,1-2H3,(H,18,20). The van der Waals surface area contributed by atoms with Gasteiger partial charge in [-0.05, 0) is 24.6 Å². The molecule has 1 amide bonds. The van der Waals surface area contributed by atoms with Crippen LogP contribution >= 0.6 is 0 Å². The zero-order valence-electron chi connectivity index (χ0n) is 12.9. The summed E-state index contributed by atoms with van der Waals surface area (Å²) in [6, 6.07) is 12.9. The molecule has 0 bridgehead atoms. The minimum atomic E-state index is -3.25. The minimum absolute atomic E-state index is 0.153. The highest BCUT2D eigenvalue weighted by Gasteiger charge is 2.15. The molecule has 2 aromatic carbocycles. The lowest BCUT2D eigenvalue weighted by molar-refractivity contribution is -0.117. The van der Waals surface area contributed by atoms with Crippen LogP contribution in [0.4, 0.5) is 0 Å². The van der Waals surface area contributed by atoms with Crippen molar-refractivity contribution < 1.29 is 18.0 Å². The maximum absolute atomic E-state index is 12.0. The number of carbonyl (C=O) groups is 2. The molecule has 0 saturated heterocycles. The van der Waals surface area contributed by atoms with E-state index in [1.807, 2.05) is 6.92 Å². The summed E-state index contributed by atoms with van der Waals surface area (Å²) in [5.74, 6) is -1.29. The lowest BCUT2D eigenvalue weighted by atomic mass is 10.1. The number of ketones is 1. The Morgan fingerprint density at radius 2 is 1.52 bits per heavy atom. The van der Waals surface area contributed by atoms with E-state index < -0.39 is 21.5 Å². The third kappa shape index (κ3) is 4.50. The summed E-state index contributed by atoms with van der Waals surface area (Å²) in [4.78, 5) is 24.1. The topological polar surface area (TPSA) is 80.3 Å². The molecular weight excluding hydrogens is 314 g/mol. The largest absolute Gasteiger partial charge is 0.345 e. The molecule has 0 spiro atoms.